The van der Waals surface area contributed by atoms with Crippen LogP contribution in [-0.2, 0) is 24.9 Å². The first-order valence-electron chi connectivity index (χ1n) is 15.8. The number of aromatic nitrogens is 2. The molecule has 3 aromatic carbocycles. The molecule has 1 aromatic heterocycles. The summed E-state index contributed by atoms with van der Waals surface area (Å²) in [4.78, 5) is 21.7. The van der Waals surface area contributed by atoms with E-state index in [1.54, 1.807) is 0 Å². The predicted molar refractivity (Wildman–Crippen MR) is 187 cm³/mol. The summed E-state index contributed by atoms with van der Waals surface area (Å²) in [7, 11) is 0. The van der Waals surface area contributed by atoms with Crippen molar-refractivity contribution in [3.63, 3.8) is 0 Å². The second kappa shape index (κ2) is 15.3. The number of carbonyl (C=O) groups excluding carboxylic acids is 1. The number of aliphatic hydroxyl groups excluding tert-OH is 1. The van der Waals surface area contributed by atoms with E-state index in [1.807, 2.05) is 66.7 Å². The summed E-state index contributed by atoms with van der Waals surface area (Å²) in [5.41, 5.74) is 3.74. The molecule has 0 saturated carbocycles. The topological polar surface area (TPSA) is 63.1 Å². The quantitative estimate of drug-likeness (QED) is 0.0600. The van der Waals surface area contributed by atoms with E-state index in [9.17, 15) is 9.90 Å². The molecular formula is C38H51GeIrN2O2-. The SMILES string of the molecule is CCC(C)(CC)C(=O)/C=C(\O)C(C)(CC)CC.Cc1nc(-c2[c-]cccc2)c2ccc3c[c]([Ge]([CH3])([CH3])[CH3])cc(C)c3c2n1.[Ir]. The number of allylic oxidation sites excluding steroid dienone is 2. The molecule has 0 saturated heterocycles. The Balaban J connectivity index is 0.000000331. The van der Waals surface area contributed by atoms with Crippen molar-refractivity contribution >= 4 is 45.1 Å². The Morgan fingerprint density at radius 3 is 2.05 bits per heavy atom. The van der Waals surface area contributed by atoms with Crippen molar-refractivity contribution in [1.82, 2.24) is 9.97 Å². The van der Waals surface area contributed by atoms with Gasteiger partial charge in [-0.05, 0) is 25.7 Å². The zero-order valence-corrected chi connectivity index (χ0v) is 33.1. The third kappa shape index (κ3) is 8.27. The van der Waals surface area contributed by atoms with Crippen LogP contribution in [-0.4, -0.2) is 34.1 Å². The van der Waals surface area contributed by atoms with Gasteiger partial charge in [0, 0.05) is 37.0 Å². The molecule has 0 aliphatic carbocycles. The molecule has 1 N–H and O–H groups in total. The van der Waals surface area contributed by atoms with Crippen molar-refractivity contribution in [3.8, 4) is 11.3 Å². The van der Waals surface area contributed by atoms with E-state index in [4.69, 9.17) is 9.97 Å². The molecular weight excluding hydrogens is 781 g/mol. The van der Waals surface area contributed by atoms with Crippen LogP contribution in [0.1, 0.15) is 78.6 Å². The van der Waals surface area contributed by atoms with Gasteiger partial charge < -0.3 is 5.11 Å². The molecule has 1 heterocycles. The van der Waals surface area contributed by atoms with E-state index >= 15 is 0 Å². The number of aliphatic hydroxyl groups is 1. The maximum absolute atomic E-state index is 12.2. The van der Waals surface area contributed by atoms with E-state index in [-0.39, 0.29) is 42.5 Å². The first-order chi connectivity index (χ1) is 20.1. The van der Waals surface area contributed by atoms with E-state index in [0.717, 1.165) is 53.7 Å². The molecule has 4 rings (SSSR count). The van der Waals surface area contributed by atoms with Gasteiger partial charge in [-0.1, -0.05) is 41.5 Å². The number of hydrogen-bond donors (Lipinski definition) is 1. The molecule has 4 aromatic rings. The van der Waals surface area contributed by atoms with Crippen LogP contribution in [0.5, 0.6) is 0 Å². The normalized spacial score (nSPS) is 12.5. The number of carbonyl (C=O) groups is 1. The zero-order valence-electron chi connectivity index (χ0n) is 28.6. The fraction of sp³-hybridized carbons (Fsp3) is 0.447. The van der Waals surface area contributed by atoms with Gasteiger partial charge in [-0.2, -0.15) is 0 Å². The van der Waals surface area contributed by atoms with Gasteiger partial charge in [0.05, 0.1) is 0 Å². The van der Waals surface area contributed by atoms with Crippen LogP contribution in [0.2, 0.25) is 17.3 Å². The maximum atomic E-state index is 12.2. The van der Waals surface area contributed by atoms with Gasteiger partial charge in [-0.3, -0.25) is 4.79 Å². The summed E-state index contributed by atoms with van der Waals surface area (Å²) in [5, 5.41) is 13.8. The van der Waals surface area contributed by atoms with Crippen molar-refractivity contribution in [3.05, 3.63) is 77.8 Å². The van der Waals surface area contributed by atoms with Crippen molar-refractivity contribution in [2.75, 3.05) is 0 Å². The minimum absolute atomic E-state index is 0. The van der Waals surface area contributed by atoms with Crippen molar-refractivity contribution in [1.29, 1.82) is 0 Å². The fourth-order valence-corrected chi connectivity index (χ4v) is 7.83. The molecule has 0 bridgehead atoms. The number of hydrogen-bond acceptors (Lipinski definition) is 4. The minimum atomic E-state index is -1.88. The van der Waals surface area contributed by atoms with Gasteiger partial charge in [-0.15, -0.1) is 0 Å². The molecule has 4 nitrogen and oxygen atoms in total. The first-order valence-corrected chi connectivity index (χ1v) is 23.1. The van der Waals surface area contributed by atoms with E-state index in [2.05, 4.69) is 60.6 Å². The van der Waals surface area contributed by atoms with Crippen LogP contribution in [0.15, 0.2) is 60.4 Å². The van der Waals surface area contributed by atoms with Gasteiger partial charge in [-0.25, -0.2) is 0 Å². The van der Waals surface area contributed by atoms with Crippen LogP contribution >= 0.6 is 0 Å². The summed E-state index contributed by atoms with van der Waals surface area (Å²) >= 11 is -1.88. The molecule has 239 valence electrons. The predicted octanol–water partition coefficient (Wildman–Crippen LogP) is 10.1. The Bertz CT molecular complexity index is 1620. The van der Waals surface area contributed by atoms with Gasteiger partial charge >= 0.3 is 158 Å². The summed E-state index contributed by atoms with van der Waals surface area (Å²) in [6.45, 7) is 16.3. The summed E-state index contributed by atoms with van der Waals surface area (Å²) in [5.74, 6) is 8.41. The van der Waals surface area contributed by atoms with Crippen LogP contribution in [0.25, 0.3) is 32.9 Å². The summed E-state index contributed by atoms with van der Waals surface area (Å²) < 4.78 is 1.54. The number of aryl methyl sites for hydroxylation is 2. The van der Waals surface area contributed by atoms with Crippen molar-refractivity contribution in [2.24, 2.45) is 10.8 Å². The molecule has 1 radical (unpaired) electrons. The van der Waals surface area contributed by atoms with Gasteiger partial charge in [0.1, 0.15) is 5.76 Å². The van der Waals surface area contributed by atoms with Crippen LogP contribution in [0, 0.1) is 30.7 Å². The Hall–Kier alpha value is -2.34. The first kappa shape index (κ1) is 37.8. The van der Waals surface area contributed by atoms with Crippen molar-refractivity contribution in [2.45, 2.75) is 98.3 Å². The number of nitrogens with zero attached hydrogens (tertiary/aromatic N) is 2. The van der Waals surface area contributed by atoms with E-state index in [0.29, 0.717) is 0 Å². The molecule has 0 aliphatic rings. The Kier molecular flexibility index (Phi) is 13.2. The second-order valence-corrected chi connectivity index (χ2v) is 24.1. The number of ketones is 1. The molecule has 0 amide bonds. The summed E-state index contributed by atoms with van der Waals surface area (Å²) in [6.07, 6.45) is 4.75. The standard InChI is InChI=1S/C23H23GeN2.C15H28O2.Ir/c1-15-13-19(24(3,4)5)14-18-11-12-20-22(17-9-7-6-8-10-17)25-16(2)26-23(20)21(15)18;1-7-14(5,8-2)12(16)11-13(17)15(6,9-3)10-4;/h6-9,11-14H,1-5H3;11,16H,7-10H2,1-6H3;/q-1;;/b;12-11-;. The van der Waals surface area contributed by atoms with Crippen LogP contribution in [0.3, 0.4) is 0 Å². The molecule has 0 unspecified atom stereocenters. The Morgan fingerprint density at radius 2 is 1.52 bits per heavy atom. The molecule has 0 aliphatic heterocycles. The third-order valence-corrected chi connectivity index (χ3v) is 13.8. The number of benzene rings is 3. The second-order valence-electron chi connectivity index (χ2n) is 13.4. The number of fused-ring (bicyclic) bond motifs is 3. The molecule has 6 heteroatoms. The Morgan fingerprint density at radius 1 is 0.909 bits per heavy atom. The van der Waals surface area contributed by atoms with Gasteiger partial charge in [0.25, 0.3) is 0 Å². The summed E-state index contributed by atoms with van der Waals surface area (Å²) in [6, 6.07) is 20.5. The average Bonchev–Trinajstić information content (AvgIpc) is 2.99. The smallest absolute Gasteiger partial charge is 0 e. The minimum Gasteiger partial charge on any atom is 0 e. The largest absolute Gasteiger partial charge is 0 e. The zero-order chi connectivity index (χ0) is 32.2. The molecule has 44 heavy (non-hydrogen) atoms. The Labute approximate surface area is 281 Å². The average molecular weight is 833 g/mol. The molecule has 0 spiro atoms. The van der Waals surface area contributed by atoms with Crippen LogP contribution < -0.4 is 4.40 Å². The fourth-order valence-electron chi connectivity index (χ4n) is 5.23. The third-order valence-electron chi connectivity index (χ3n) is 9.52. The van der Waals surface area contributed by atoms with E-state index < -0.39 is 13.3 Å². The van der Waals surface area contributed by atoms with Crippen molar-refractivity contribution < 1.29 is 30.0 Å². The monoisotopic (exact) mass is 834 g/mol. The van der Waals surface area contributed by atoms with Crippen LogP contribution in [0.4, 0.5) is 0 Å². The van der Waals surface area contributed by atoms with Gasteiger partial charge in [0.2, 0.25) is 0 Å². The number of rotatable bonds is 9. The van der Waals surface area contributed by atoms with Gasteiger partial charge in [0.15, 0.2) is 5.78 Å². The molecule has 0 atom stereocenters. The maximum Gasteiger partial charge on any atom is 0 e. The molecule has 0 fully saturated rings. The van der Waals surface area contributed by atoms with E-state index in [1.165, 1.54) is 26.8 Å².